The van der Waals surface area contributed by atoms with E-state index in [2.05, 4.69) is 4.90 Å². The lowest BCUT2D eigenvalue weighted by molar-refractivity contribution is 0.0702. The van der Waals surface area contributed by atoms with E-state index < -0.39 is 0 Å². The Morgan fingerprint density at radius 2 is 1.76 bits per heavy atom. The van der Waals surface area contributed by atoms with Gasteiger partial charge >= 0.3 is 0 Å². The molecule has 1 aromatic rings. The molecule has 17 heavy (non-hydrogen) atoms. The summed E-state index contributed by atoms with van der Waals surface area (Å²) in [7, 11) is 0. The first-order valence-electron chi connectivity index (χ1n) is 6.39. The predicted octanol–water partition coefficient (Wildman–Crippen LogP) is 3.05. The number of nitrogens with zero attached hydrogens (tertiary/aromatic N) is 1. The maximum Gasteiger partial charge on any atom is 0.182 e. The van der Waals surface area contributed by atoms with Crippen LogP contribution in [0.15, 0.2) is 24.3 Å². The number of hydrogen-bond acceptors (Lipinski definition) is 2. The molecule has 2 rings (SSSR count). The van der Waals surface area contributed by atoms with Gasteiger partial charge in [0.15, 0.2) is 5.78 Å². The minimum absolute atomic E-state index is 0.248. The second kappa shape index (κ2) is 4.61. The Hall–Kier alpha value is -1.15. The maximum absolute atomic E-state index is 12.6. The van der Waals surface area contributed by atoms with Gasteiger partial charge in [-0.05, 0) is 52.3 Å². The van der Waals surface area contributed by atoms with Crippen LogP contribution in [-0.2, 0) is 0 Å². The Labute approximate surface area is 104 Å². The zero-order valence-corrected chi connectivity index (χ0v) is 11.0. The molecule has 0 N–H and O–H groups in total. The number of hydrogen-bond donors (Lipinski definition) is 0. The van der Waals surface area contributed by atoms with E-state index in [0.29, 0.717) is 0 Å². The van der Waals surface area contributed by atoms with Crippen molar-refractivity contribution in [3.8, 4) is 0 Å². The molecule has 0 amide bonds. The van der Waals surface area contributed by atoms with E-state index in [1.165, 1.54) is 12.8 Å². The van der Waals surface area contributed by atoms with Crippen LogP contribution in [0.5, 0.6) is 0 Å². The summed E-state index contributed by atoms with van der Waals surface area (Å²) >= 11 is 0. The third-order valence-electron chi connectivity index (χ3n) is 3.84. The molecule has 1 aliphatic rings. The Balaban J connectivity index is 2.27. The lowest BCUT2D eigenvalue weighted by Gasteiger charge is -2.34. The van der Waals surface area contributed by atoms with E-state index >= 15 is 0 Å². The molecular formula is C15H21NO. The SMILES string of the molecule is Cc1ccccc1C(=O)C(C)(C)N1CCCC1. The molecule has 1 saturated heterocycles. The van der Waals surface area contributed by atoms with Crippen LogP contribution < -0.4 is 0 Å². The molecule has 0 radical (unpaired) electrons. The zero-order chi connectivity index (χ0) is 12.5. The van der Waals surface area contributed by atoms with Crippen LogP contribution in [-0.4, -0.2) is 29.3 Å². The Morgan fingerprint density at radius 1 is 1.18 bits per heavy atom. The molecule has 1 aromatic carbocycles. The highest BCUT2D eigenvalue weighted by Crippen LogP contribution is 2.26. The summed E-state index contributed by atoms with van der Waals surface area (Å²) in [5, 5.41) is 0. The van der Waals surface area contributed by atoms with Gasteiger partial charge in [-0.1, -0.05) is 24.3 Å². The Morgan fingerprint density at radius 3 is 2.35 bits per heavy atom. The molecule has 2 nitrogen and oxygen atoms in total. The van der Waals surface area contributed by atoms with Gasteiger partial charge in [0.05, 0.1) is 5.54 Å². The first-order valence-corrected chi connectivity index (χ1v) is 6.39. The van der Waals surface area contributed by atoms with Crippen molar-refractivity contribution < 1.29 is 4.79 Å². The molecule has 0 atom stereocenters. The first kappa shape index (κ1) is 12.3. The fraction of sp³-hybridized carbons (Fsp3) is 0.533. The summed E-state index contributed by atoms with van der Waals surface area (Å²) in [5.41, 5.74) is 1.57. The maximum atomic E-state index is 12.6. The van der Waals surface area contributed by atoms with E-state index in [1.54, 1.807) is 0 Å². The molecule has 1 heterocycles. The highest BCUT2D eigenvalue weighted by Gasteiger charge is 2.36. The molecule has 92 valence electrons. The van der Waals surface area contributed by atoms with E-state index in [1.807, 2.05) is 45.0 Å². The monoisotopic (exact) mass is 231 g/mol. The summed E-state index contributed by atoms with van der Waals surface area (Å²) < 4.78 is 0. The molecule has 1 aliphatic heterocycles. The van der Waals surface area contributed by atoms with Crippen LogP contribution in [0.1, 0.15) is 42.6 Å². The number of benzene rings is 1. The molecule has 1 fully saturated rings. The van der Waals surface area contributed by atoms with Crippen LogP contribution in [0.25, 0.3) is 0 Å². The number of likely N-dealkylation sites (tertiary alicyclic amines) is 1. The van der Waals surface area contributed by atoms with Crippen molar-refractivity contribution in [1.29, 1.82) is 0 Å². The third kappa shape index (κ3) is 2.27. The number of carbonyl (C=O) groups excluding carboxylic acids is 1. The molecule has 0 bridgehead atoms. The van der Waals surface area contributed by atoms with Crippen molar-refractivity contribution in [2.75, 3.05) is 13.1 Å². The molecular weight excluding hydrogens is 210 g/mol. The van der Waals surface area contributed by atoms with Crippen molar-refractivity contribution in [2.45, 2.75) is 39.2 Å². The average molecular weight is 231 g/mol. The minimum atomic E-state index is -0.372. The molecule has 0 saturated carbocycles. The summed E-state index contributed by atoms with van der Waals surface area (Å²) in [4.78, 5) is 14.9. The van der Waals surface area contributed by atoms with E-state index in [9.17, 15) is 4.79 Å². The minimum Gasteiger partial charge on any atom is -0.292 e. The normalized spacial score (nSPS) is 17.4. The third-order valence-corrected chi connectivity index (χ3v) is 3.84. The largest absolute Gasteiger partial charge is 0.292 e. The van der Waals surface area contributed by atoms with E-state index in [4.69, 9.17) is 0 Å². The molecule has 2 heteroatoms. The standard InChI is InChI=1S/C15H21NO/c1-12-8-4-5-9-13(12)14(17)15(2,3)16-10-6-7-11-16/h4-5,8-9H,6-7,10-11H2,1-3H3. The van der Waals surface area contributed by atoms with Gasteiger partial charge in [0.2, 0.25) is 0 Å². The lowest BCUT2D eigenvalue weighted by atomic mass is 9.89. The van der Waals surface area contributed by atoms with Crippen LogP contribution in [0.4, 0.5) is 0 Å². The van der Waals surface area contributed by atoms with Crippen LogP contribution in [0.2, 0.25) is 0 Å². The summed E-state index contributed by atoms with van der Waals surface area (Å²) in [6.45, 7) is 8.20. The first-order chi connectivity index (χ1) is 8.03. The number of aryl methyl sites for hydroxylation is 1. The Kier molecular flexibility index (Phi) is 3.34. The second-order valence-electron chi connectivity index (χ2n) is 5.40. The van der Waals surface area contributed by atoms with E-state index in [-0.39, 0.29) is 11.3 Å². The smallest absolute Gasteiger partial charge is 0.182 e. The predicted molar refractivity (Wildman–Crippen MR) is 70.4 cm³/mol. The molecule has 0 spiro atoms. The number of carbonyl (C=O) groups is 1. The molecule has 0 unspecified atom stereocenters. The van der Waals surface area contributed by atoms with Gasteiger partial charge in [-0.2, -0.15) is 0 Å². The van der Waals surface area contributed by atoms with Crippen LogP contribution in [0, 0.1) is 6.92 Å². The van der Waals surface area contributed by atoms with Gasteiger partial charge < -0.3 is 0 Å². The quantitative estimate of drug-likeness (QED) is 0.745. The fourth-order valence-electron chi connectivity index (χ4n) is 2.58. The van der Waals surface area contributed by atoms with Gasteiger partial charge in [-0.15, -0.1) is 0 Å². The molecule has 0 aliphatic carbocycles. The highest BCUT2D eigenvalue weighted by atomic mass is 16.1. The summed E-state index contributed by atoms with van der Waals surface area (Å²) in [6, 6.07) is 7.87. The number of Topliss-reactive ketones (excluding diaryl/α,β-unsaturated/α-hetero) is 1. The topological polar surface area (TPSA) is 20.3 Å². The second-order valence-corrected chi connectivity index (χ2v) is 5.40. The van der Waals surface area contributed by atoms with Gasteiger partial charge in [-0.3, -0.25) is 9.69 Å². The molecule has 0 aromatic heterocycles. The van der Waals surface area contributed by atoms with Gasteiger partial charge in [-0.25, -0.2) is 0 Å². The fourth-order valence-corrected chi connectivity index (χ4v) is 2.58. The van der Waals surface area contributed by atoms with Gasteiger partial charge in [0, 0.05) is 5.56 Å². The average Bonchev–Trinajstić information content (AvgIpc) is 2.83. The van der Waals surface area contributed by atoms with Crippen molar-refractivity contribution in [3.05, 3.63) is 35.4 Å². The van der Waals surface area contributed by atoms with Crippen molar-refractivity contribution in [3.63, 3.8) is 0 Å². The highest BCUT2D eigenvalue weighted by molar-refractivity contribution is 6.03. The van der Waals surface area contributed by atoms with Crippen LogP contribution in [0.3, 0.4) is 0 Å². The summed E-state index contributed by atoms with van der Waals surface area (Å²) in [5.74, 6) is 0.248. The summed E-state index contributed by atoms with van der Waals surface area (Å²) in [6.07, 6.45) is 2.43. The number of rotatable bonds is 3. The van der Waals surface area contributed by atoms with Crippen molar-refractivity contribution >= 4 is 5.78 Å². The zero-order valence-electron chi connectivity index (χ0n) is 11.0. The lowest BCUT2D eigenvalue weighted by Crippen LogP contribution is -2.48. The van der Waals surface area contributed by atoms with Gasteiger partial charge in [0.25, 0.3) is 0 Å². The van der Waals surface area contributed by atoms with Gasteiger partial charge in [0.1, 0.15) is 0 Å². The van der Waals surface area contributed by atoms with Crippen molar-refractivity contribution in [1.82, 2.24) is 4.90 Å². The number of ketones is 1. The Bertz CT molecular complexity index is 417. The van der Waals surface area contributed by atoms with Crippen LogP contribution >= 0.6 is 0 Å². The van der Waals surface area contributed by atoms with E-state index in [0.717, 1.165) is 24.2 Å². The van der Waals surface area contributed by atoms with Crippen molar-refractivity contribution in [2.24, 2.45) is 0 Å².